The monoisotopic (exact) mass is 667 g/mol. The van der Waals surface area contributed by atoms with Gasteiger partial charge in [-0.1, -0.05) is 66.7 Å². The minimum Gasteiger partial charge on any atom is -0.392 e. The molecule has 4 aromatic rings. The van der Waals surface area contributed by atoms with E-state index in [1.165, 1.54) is 17.7 Å². The van der Waals surface area contributed by atoms with Crippen LogP contribution in [0.4, 0.5) is 27.6 Å². The number of benzene rings is 4. The normalized spacial score (nSPS) is 20.5. The minimum absolute atomic E-state index is 0.0363. The van der Waals surface area contributed by atoms with Crippen LogP contribution in [0.25, 0.3) is 0 Å². The smallest absolute Gasteiger partial charge is 0.261 e. The molecule has 0 radical (unpaired) electrons. The lowest BCUT2D eigenvalue weighted by atomic mass is 9.99. The van der Waals surface area contributed by atoms with Crippen molar-refractivity contribution >= 4 is 11.6 Å². The molecule has 0 aliphatic carbocycles. The van der Waals surface area contributed by atoms with Gasteiger partial charge in [-0.2, -0.15) is 0 Å². The summed E-state index contributed by atoms with van der Waals surface area (Å²) in [5.41, 5.74) is 1.83. The number of piperazine rings is 1. The first-order valence-electron chi connectivity index (χ1n) is 15.6. The average Bonchev–Trinajstić information content (AvgIpc) is 3.11. The topological polar surface area (TPSA) is 74.3 Å². The van der Waals surface area contributed by atoms with E-state index in [4.69, 9.17) is 9.47 Å². The van der Waals surface area contributed by atoms with Crippen LogP contribution in [0.2, 0.25) is 0 Å². The Balaban J connectivity index is 1.18. The maximum absolute atomic E-state index is 14.3. The lowest BCUT2D eigenvalue weighted by molar-refractivity contribution is -0.253. The standard InChI is InChI=1S/C36H34F5N3O4/c37-30-29(31(38)33(40)34(41)32(30)39)35(46)42-26-8-4-7-25(17-26)36-47-27(18-28(48-36)24-11-9-23(21-45)10-12-24)20-44-15-13-43(14-16-44)19-22-5-2-1-3-6-22/h1-12,17,27-28,36,45H,13-16,18-21H2,(H,42,46)/t27-,28+,36+/m1/s1. The molecular weight excluding hydrogens is 633 g/mol. The second-order valence-electron chi connectivity index (χ2n) is 11.9. The van der Waals surface area contributed by atoms with E-state index in [1.807, 2.05) is 42.5 Å². The predicted octanol–water partition coefficient (Wildman–Crippen LogP) is 6.49. The number of hydrogen-bond acceptors (Lipinski definition) is 6. The molecule has 2 fully saturated rings. The fraction of sp³-hybridized carbons (Fsp3) is 0.306. The molecule has 2 aliphatic heterocycles. The Morgan fingerprint density at radius 2 is 1.38 bits per heavy atom. The van der Waals surface area contributed by atoms with Gasteiger partial charge in [-0.3, -0.25) is 14.6 Å². The van der Waals surface area contributed by atoms with Crippen LogP contribution in [-0.4, -0.2) is 59.6 Å². The van der Waals surface area contributed by atoms with Crippen LogP contribution in [-0.2, 0) is 22.6 Å². The maximum atomic E-state index is 14.3. The van der Waals surface area contributed by atoms with Gasteiger partial charge in [-0.15, -0.1) is 0 Å². The molecule has 252 valence electrons. The van der Waals surface area contributed by atoms with Gasteiger partial charge in [0.15, 0.2) is 29.6 Å². The zero-order valence-corrected chi connectivity index (χ0v) is 25.9. The summed E-state index contributed by atoms with van der Waals surface area (Å²) in [6, 6.07) is 23.8. The summed E-state index contributed by atoms with van der Waals surface area (Å²) in [5.74, 6) is -12.7. The summed E-state index contributed by atoms with van der Waals surface area (Å²) in [6.07, 6.45) is -0.988. The molecule has 2 heterocycles. The van der Waals surface area contributed by atoms with Gasteiger partial charge in [-0.05, 0) is 28.8 Å². The molecule has 12 heteroatoms. The van der Waals surface area contributed by atoms with E-state index in [2.05, 4.69) is 27.2 Å². The van der Waals surface area contributed by atoms with Crippen molar-refractivity contribution < 1.29 is 41.3 Å². The molecule has 48 heavy (non-hydrogen) atoms. The quantitative estimate of drug-likeness (QED) is 0.121. The number of hydrogen-bond donors (Lipinski definition) is 2. The summed E-state index contributed by atoms with van der Waals surface area (Å²) in [4.78, 5) is 17.5. The fourth-order valence-electron chi connectivity index (χ4n) is 6.05. The predicted molar refractivity (Wildman–Crippen MR) is 167 cm³/mol. The molecule has 0 spiro atoms. The highest BCUT2D eigenvalue weighted by atomic mass is 19.2. The molecule has 2 N–H and O–H groups in total. The highest BCUT2D eigenvalue weighted by Crippen LogP contribution is 2.39. The van der Waals surface area contributed by atoms with Gasteiger partial charge in [0.1, 0.15) is 5.56 Å². The van der Waals surface area contributed by atoms with Crippen LogP contribution in [0.3, 0.4) is 0 Å². The number of rotatable bonds is 9. The van der Waals surface area contributed by atoms with E-state index in [0.29, 0.717) is 18.5 Å². The van der Waals surface area contributed by atoms with E-state index in [9.17, 15) is 31.9 Å². The number of nitrogens with zero attached hydrogens (tertiary/aromatic N) is 2. The largest absolute Gasteiger partial charge is 0.392 e. The SMILES string of the molecule is O=C(Nc1cccc([C@H]2O[C@@H](CN3CCN(Cc4ccccc4)CC3)C[C@@H](c3ccc(CO)cc3)O2)c1)c1c(F)c(F)c(F)c(F)c1F. The number of nitrogens with one attached hydrogen (secondary N) is 1. The Bertz CT molecular complexity index is 1710. The summed E-state index contributed by atoms with van der Waals surface area (Å²) >= 11 is 0. The maximum Gasteiger partial charge on any atom is 0.261 e. The van der Waals surface area contributed by atoms with Crippen LogP contribution < -0.4 is 5.32 Å². The van der Waals surface area contributed by atoms with Crippen molar-refractivity contribution in [1.29, 1.82) is 0 Å². The Labute approximate surface area is 274 Å². The molecule has 1 amide bonds. The minimum atomic E-state index is -2.35. The van der Waals surface area contributed by atoms with Crippen molar-refractivity contribution in [3.63, 3.8) is 0 Å². The van der Waals surface area contributed by atoms with E-state index in [0.717, 1.165) is 43.9 Å². The number of aliphatic hydroxyl groups excluding tert-OH is 1. The highest BCUT2D eigenvalue weighted by Gasteiger charge is 2.34. The van der Waals surface area contributed by atoms with E-state index in [1.54, 1.807) is 12.1 Å². The van der Waals surface area contributed by atoms with Crippen molar-refractivity contribution in [3.05, 3.63) is 136 Å². The zero-order valence-electron chi connectivity index (χ0n) is 25.9. The van der Waals surface area contributed by atoms with Crippen LogP contribution in [0.15, 0.2) is 78.9 Å². The molecule has 4 aromatic carbocycles. The molecule has 0 aromatic heterocycles. The van der Waals surface area contributed by atoms with Gasteiger partial charge < -0.3 is 19.9 Å². The van der Waals surface area contributed by atoms with E-state index >= 15 is 0 Å². The van der Waals surface area contributed by atoms with Gasteiger partial charge in [0.2, 0.25) is 5.82 Å². The van der Waals surface area contributed by atoms with Gasteiger partial charge in [-0.25, -0.2) is 22.0 Å². The number of ether oxygens (including phenoxy) is 2. The molecule has 6 rings (SSSR count). The molecule has 0 saturated carbocycles. The third-order valence-corrected chi connectivity index (χ3v) is 8.64. The van der Waals surface area contributed by atoms with Crippen molar-refractivity contribution in [2.24, 2.45) is 0 Å². The highest BCUT2D eigenvalue weighted by molar-refractivity contribution is 6.04. The first kappa shape index (κ1) is 33.7. The molecule has 7 nitrogen and oxygen atoms in total. The lowest BCUT2D eigenvalue weighted by Crippen LogP contribution is -2.49. The van der Waals surface area contributed by atoms with Crippen LogP contribution in [0.5, 0.6) is 0 Å². The number of halogens is 5. The summed E-state index contributed by atoms with van der Waals surface area (Å²) in [5, 5.41) is 11.7. The first-order chi connectivity index (χ1) is 23.2. The second-order valence-corrected chi connectivity index (χ2v) is 11.9. The van der Waals surface area contributed by atoms with Gasteiger partial charge in [0.05, 0.1) is 18.8 Å². The molecule has 3 atom stereocenters. The van der Waals surface area contributed by atoms with Crippen molar-refractivity contribution in [3.8, 4) is 0 Å². The number of carbonyl (C=O) groups is 1. The van der Waals surface area contributed by atoms with Gasteiger partial charge >= 0.3 is 0 Å². The van der Waals surface area contributed by atoms with E-state index < -0.39 is 46.8 Å². The lowest BCUT2D eigenvalue weighted by Gasteiger charge is -2.41. The number of amides is 1. The number of carbonyl (C=O) groups excluding carboxylic acids is 1. The first-order valence-corrected chi connectivity index (χ1v) is 15.6. The zero-order chi connectivity index (χ0) is 33.8. The Morgan fingerprint density at radius 3 is 2.04 bits per heavy atom. The molecule has 0 unspecified atom stereocenters. The molecule has 2 aliphatic rings. The van der Waals surface area contributed by atoms with Crippen molar-refractivity contribution in [2.45, 2.75) is 38.1 Å². The van der Waals surface area contributed by atoms with Gasteiger partial charge in [0.25, 0.3) is 5.91 Å². The van der Waals surface area contributed by atoms with Gasteiger partial charge in [0, 0.05) is 56.9 Å². The number of aliphatic hydroxyl groups is 1. The van der Waals surface area contributed by atoms with Crippen LogP contribution in [0, 0.1) is 29.1 Å². The Morgan fingerprint density at radius 1 is 0.729 bits per heavy atom. The Hall–Kier alpha value is -4.20. The average molecular weight is 668 g/mol. The van der Waals surface area contributed by atoms with Crippen molar-refractivity contribution in [2.75, 3.05) is 38.0 Å². The summed E-state index contributed by atoms with van der Waals surface area (Å²) < 4.78 is 82.4. The molecule has 2 saturated heterocycles. The van der Waals surface area contributed by atoms with E-state index in [-0.39, 0.29) is 24.5 Å². The summed E-state index contributed by atoms with van der Waals surface area (Å²) in [7, 11) is 0. The van der Waals surface area contributed by atoms with Crippen LogP contribution in [0.1, 0.15) is 51.4 Å². The summed E-state index contributed by atoms with van der Waals surface area (Å²) in [6.45, 7) is 4.94. The second kappa shape index (κ2) is 14.9. The van der Waals surface area contributed by atoms with Crippen molar-refractivity contribution in [1.82, 2.24) is 9.80 Å². The third kappa shape index (κ3) is 7.58. The molecular formula is C36H34F5N3O4. The molecule has 0 bridgehead atoms. The third-order valence-electron chi connectivity index (χ3n) is 8.64. The number of anilines is 1. The Kier molecular flexibility index (Phi) is 10.5. The van der Waals surface area contributed by atoms with Crippen LogP contribution >= 0.6 is 0 Å². The fourth-order valence-corrected chi connectivity index (χ4v) is 6.05.